The third-order valence-corrected chi connectivity index (χ3v) is 4.50. The summed E-state index contributed by atoms with van der Waals surface area (Å²) < 4.78 is 11.7. The zero-order chi connectivity index (χ0) is 20.5. The van der Waals surface area contributed by atoms with E-state index >= 15 is 0 Å². The van der Waals surface area contributed by atoms with Crippen LogP contribution >= 0.6 is 0 Å². The van der Waals surface area contributed by atoms with Gasteiger partial charge in [-0.2, -0.15) is 4.79 Å². The maximum Gasteiger partial charge on any atom is 0.512 e. The van der Waals surface area contributed by atoms with Crippen molar-refractivity contribution in [2.75, 3.05) is 18.1 Å². The van der Waals surface area contributed by atoms with Gasteiger partial charge in [0.15, 0.2) is 5.52 Å². The Morgan fingerprint density at radius 1 is 1.07 bits per heavy atom. The molecule has 0 saturated heterocycles. The van der Waals surface area contributed by atoms with Crippen molar-refractivity contribution in [3.05, 3.63) is 59.9 Å². The summed E-state index contributed by atoms with van der Waals surface area (Å²) in [4.78, 5) is 43.2. The molecule has 8 heteroatoms. The maximum atomic E-state index is 13.1. The van der Waals surface area contributed by atoms with Crippen molar-refractivity contribution >= 4 is 34.6 Å². The van der Waals surface area contributed by atoms with E-state index < -0.39 is 17.9 Å². The SMILES string of the molecule is CCOC(=O)c1ccc2c(c1)ncc1[n+]2C(=O)N(c2ccc(OCC)cc2)C1=O. The van der Waals surface area contributed by atoms with Crippen LogP contribution in [0.25, 0.3) is 11.0 Å². The molecule has 0 radical (unpaired) electrons. The minimum Gasteiger partial charge on any atom is -0.494 e. The number of aromatic nitrogens is 2. The molecule has 0 atom stereocenters. The molecule has 8 nitrogen and oxygen atoms in total. The second kappa shape index (κ2) is 7.31. The molecule has 29 heavy (non-hydrogen) atoms. The number of hydrogen-bond donors (Lipinski definition) is 0. The zero-order valence-corrected chi connectivity index (χ0v) is 15.9. The first-order chi connectivity index (χ1) is 14.0. The Bertz CT molecular complexity index is 1140. The summed E-state index contributed by atoms with van der Waals surface area (Å²) in [6, 6.07) is 10.9. The molecule has 2 amide bonds. The van der Waals surface area contributed by atoms with Gasteiger partial charge in [0.1, 0.15) is 17.0 Å². The number of fused-ring (bicyclic) bond motifs is 3. The van der Waals surface area contributed by atoms with Gasteiger partial charge in [-0.3, -0.25) is 0 Å². The highest BCUT2D eigenvalue weighted by molar-refractivity contribution is 6.21. The van der Waals surface area contributed by atoms with Gasteiger partial charge in [-0.25, -0.2) is 14.6 Å². The van der Waals surface area contributed by atoms with Crippen molar-refractivity contribution in [1.29, 1.82) is 0 Å². The lowest BCUT2D eigenvalue weighted by molar-refractivity contribution is -0.537. The van der Waals surface area contributed by atoms with Crippen molar-refractivity contribution < 1.29 is 28.4 Å². The highest BCUT2D eigenvalue weighted by Gasteiger charge is 2.48. The summed E-state index contributed by atoms with van der Waals surface area (Å²) in [6.45, 7) is 4.38. The Morgan fingerprint density at radius 3 is 2.52 bits per heavy atom. The number of nitrogens with zero attached hydrogens (tertiary/aromatic N) is 3. The van der Waals surface area contributed by atoms with Gasteiger partial charge < -0.3 is 9.47 Å². The minimum absolute atomic E-state index is 0.153. The van der Waals surface area contributed by atoms with Crippen LogP contribution in [0, 0.1) is 0 Å². The molecule has 146 valence electrons. The van der Waals surface area contributed by atoms with Crippen molar-refractivity contribution in [1.82, 2.24) is 4.98 Å². The summed E-state index contributed by atoms with van der Waals surface area (Å²) in [5, 5.41) is 0. The highest BCUT2D eigenvalue weighted by atomic mass is 16.5. The van der Waals surface area contributed by atoms with E-state index in [4.69, 9.17) is 9.47 Å². The molecule has 0 fully saturated rings. The van der Waals surface area contributed by atoms with Crippen molar-refractivity contribution in [3.8, 4) is 5.75 Å². The monoisotopic (exact) mass is 392 g/mol. The molecule has 0 unspecified atom stereocenters. The van der Waals surface area contributed by atoms with Gasteiger partial charge in [0, 0.05) is 0 Å². The molecular weight excluding hydrogens is 374 g/mol. The van der Waals surface area contributed by atoms with Crippen LogP contribution in [0.4, 0.5) is 10.5 Å². The number of benzene rings is 2. The van der Waals surface area contributed by atoms with Gasteiger partial charge in [-0.05, 0) is 56.3 Å². The van der Waals surface area contributed by atoms with E-state index in [1.54, 1.807) is 43.3 Å². The predicted octanol–water partition coefficient (Wildman–Crippen LogP) is 2.73. The number of esters is 1. The van der Waals surface area contributed by atoms with Gasteiger partial charge in [-0.1, -0.05) is 0 Å². The van der Waals surface area contributed by atoms with Gasteiger partial charge >= 0.3 is 17.9 Å². The molecule has 1 aliphatic heterocycles. The number of amides is 2. The van der Waals surface area contributed by atoms with Gasteiger partial charge in [0.2, 0.25) is 5.69 Å². The van der Waals surface area contributed by atoms with Crippen LogP contribution in [0.5, 0.6) is 5.75 Å². The summed E-state index contributed by atoms with van der Waals surface area (Å²) in [5.74, 6) is -0.290. The number of hydrogen-bond acceptors (Lipinski definition) is 6. The average Bonchev–Trinajstić information content (AvgIpc) is 2.99. The van der Waals surface area contributed by atoms with Crippen LogP contribution in [0.15, 0.2) is 48.7 Å². The standard InChI is InChI=1S/C21H18N3O5/c1-3-28-15-8-6-14(7-9-15)23-19(25)18-12-22-16-11-13(20(26)29-4-2)5-10-17(16)24(18)21(23)27/h5-12H,3-4H2,1-2H3/q+1. The van der Waals surface area contributed by atoms with Crippen LogP contribution in [-0.2, 0) is 4.74 Å². The van der Waals surface area contributed by atoms with E-state index in [2.05, 4.69) is 4.98 Å². The molecule has 4 rings (SSSR count). The smallest absolute Gasteiger partial charge is 0.494 e. The van der Waals surface area contributed by atoms with Crippen LogP contribution in [0.3, 0.4) is 0 Å². The van der Waals surface area contributed by atoms with E-state index in [0.717, 1.165) is 4.90 Å². The molecule has 1 aromatic heterocycles. The number of ether oxygens (including phenoxy) is 2. The largest absolute Gasteiger partial charge is 0.512 e. The van der Waals surface area contributed by atoms with E-state index in [-0.39, 0.29) is 12.3 Å². The van der Waals surface area contributed by atoms with Crippen molar-refractivity contribution in [2.45, 2.75) is 13.8 Å². The van der Waals surface area contributed by atoms with E-state index in [1.165, 1.54) is 16.8 Å². The molecule has 0 spiro atoms. The fourth-order valence-electron chi connectivity index (χ4n) is 3.22. The van der Waals surface area contributed by atoms with E-state index in [9.17, 15) is 14.4 Å². The molecule has 1 aliphatic rings. The lowest BCUT2D eigenvalue weighted by atomic mass is 10.2. The molecule has 2 heterocycles. The molecular formula is C21H18N3O5+. The highest BCUT2D eigenvalue weighted by Crippen LogP contribution is 2.25. The quantitative estimate of drug-likeness (QED) is 0.490. The van der Waals surface area contributed by atoms with Crippen LogP contribution < -0.4 is 14.2 Å². The Kier molecular flexibility index (Phi) is 4.67. The van der Waals surface area contributed by atoms with Gasteiger partial charge in [0.05, 0.1) is 25.0 Å². The number of carbonyl (C=O) groups is 3. The molecule has 3 aromatic rings. The second-order valence-corrected chi connectivity index (χ2v) is 6.25. The van der Waals surface area contributed by atoms with E-state index in [0.29, 0.717) is 34.6 Å². The second-order valence-electron chi connectivity index (χ2n) is 6.25. The topological polar surface area (TPSA) is 89.7 Å². The first kappa shape index (κ1) is 18.5. The predicted molar refractivity (Wildman–Crippen MR) is 103 cm³/mol. The average molecular weight is 392 g/mol. The number of imide groups is 1. The molecule has 2 aromatic carbocycles. The third-order valence-electron chi connectivity index (χ3n) is 4.50. The first-order valence-corrected chi connectivity index (χ1v) is 9.18. The van der Waals surface area contributed by atoms with Crippen molar-refractivity contribution in [2.24, 2.45) is 0 Å². The van der Waals surface area contributed by atoms with Crippen molar-refractivity contribution in [3.63, 3.8) is 0 Å². The summed E-state index contributed by atoms with van der Waals surface area (Å²) in [7, 11) is 0. The maximum absolute atomic E-state index is 13.1. The molecule has 0 aliphatic carbocycles. The van der Waals surface area contributed by atoms with Crippen LogP contribution in [0.1, 0.15) is 34.7 Å². The number of carbonyl (C=O) groups excluding carboxylic acids is 3. The summed E-state index contributed by atoms with van der Waals surface area (Å²) in [5.41, 5.74) is 1.76. The first-order valence-electron chi connectivity index (χ1n) is 9.18. The van der Waals surface area contributed by atoms with Gasteiger partial charge in [0.25, 0.3) is 0 Å². The van der Waals surface area contributed by atoms with Crippen LogP contribution in [-0.4, -0.2) is 36.1 Å². The Morgan fingerprint density at radius 2 is 1.83 bits per heavy atom. The number of anilines is 1. The molecule has 0 bridgehead atoms. The summed E-state index contributed by atoms with van der Waals surface area (Å²) in [6.07, 6.45) is 1.34. The van der Waals surface area contributed by atoms with Crippen LogP contribution in [0.2, 0.25) is 0 Å². The lowest BCUT2D eigenvalue weighted by Gasteiger charge is -2.06. The normalized spacial score (nSPS) is 13.0. The molecule has 0 saturated carbocycles. The Balaban J connectivity index is 1.74. The van der Waals surface area contributed by atoms with E-state index in [1.807, 2.05) is 6.92 Å². The Labute approximate surface area is 166 Å². The fourth-order valence-corrected chi connectivity index (χ4v) is 3.22. The zero-order valence-electron chi connectivity index (χ0n) is 15.9. The Hall–Kier alpha value is -3.81. The third kappa shape index (κ3) is 3.08. The fraction of sp³-hybridized carbons (Fsp3) is 0.190. The summed E-state index contributed by atoms with van der Waals surface area (Å²) >= 11 is 0. The van der Waals surface area contributed by atoms with Gasteiger partial charge in [-0.15, -0.1) is 9.47 Å². The minimum atomic E-state index is -0.509. The molecule has 0 N–H and O–H groups in total. The lowest BCUT2D eigenvalue weighted by Crippen LogP contribution is -2.46. The number of rotatable bonds is 5.